The zero-order valence-electron chi connectivity index (χ0n) is 13.7. The molecule has 0 radical (unpaired) electrons. The number of nitrogens with one attached hydrogen (secondary N) is 1. The number of H-pyrrole nitrogens is 1. The van der Waals surface area contributed by atoms with E-state index in [0.29, 0.717) is 27.9 Å². The molecule has 7 heteroatoms. The predicted molar refractivity (Wildman–Crippen MR) is 93.7 cm³/mol. The second kappa shape index (κ2) is 7.36. The van der Waals surface area contributed by atoms with E-state index in [0.717, 1.165) is 5.56 Å². The number of nitrogens with zero attached hydrogens (tertiary/aromatic N) is 2. The topological polar surface area (TPSA) is 77.1 Å². The molecule has 1 unspecified atom stereocenters. The zero-order chi connectivity index (χ0) is 17.8. The number of carbonyl (C=O) groups excluding carboxylic acids is 1. The second-order valence-corrected chi connectivity index (χ2v) is 5.75. The van der Waals surface area contributed by atoms with Gasteiger partial charge in [0.15, 0.2) is 6.10 Å². The van der Waals surface area contributed by atoms with Gasteiger partial charge < -0.3 is 14.5 Å². The van der Waals surface area contributed by atoms with Crippen LogP contribution in [0.2, 0.25) is 5.02 Å². The van der Waals surface area contributed by atoms with Crippen molar-refractivity contribution in [1.82, 2.24) is 15.0 Å². The Morgan fingerprint density at radius 1 is 1.24 bits per heavy atom. The molecular weight excluding hydrogens is 342 g/mol. The van der Waals surface area contributed by atoms with Gasteiger partial charge in [-0.3, -0.25) is 0 Å². The normalized spacial score (nSPS) is 11.8. The summed E-state index contributed by atoms with van der Waals surface area (Å²) >= 11 is 5.96. The van der Waals surface area contributed by atoms with Crippen LogP contribution in [-0.4, -0.2) is 28.0 Å². The number of pyridine rings is 1. The molecule has 128 valence electrons. The van der Waals surface area contributed by atoms with Gasteiger partial charge in [0, 0.05) is 29.2 Å². The number of rotatable bonds is 5. The molecule has 1 N–H and O–H groups in total. The molecule has 0 bridgehead atoms. The Kier molecular flexibility index (Phi) is 5.00. The van der Waals surface area contributed by atoms with E-state index in [-0.39, 0.29) is 6.10 Å². The average Bonchev–Trinajstić information content (AvgIpc) is 3.17. The van der Waals surface area contributed by atoms with Crippen LogP contribution in [0.3, 0.4) is 0 Å². The molecule has 0 saturated heterocycles. The fraction of sp³-hybridized carbons (Fsp3) is 0.167. The third kappa shape index (κ3) is 3.80. The lowest BCUT2D eigenvalue weighted by molar-refractivity contribution is 0.0600. The van der Waals surface area contributed by atoms with Crippen molar-refractivity contribution in [2.45, 2.75) is 13.0 Å². The quantitative estimate of drug-likeness (QED) is 0.697. The van der Waals surface area contributed by atoms with Crippen molar-refractivity contribution in [3.63, 3.8) is 0 Å². The fourth-order valence-electron chi connectivity index (χ4n) is 2.33. The summed E-state index contributed by atoms with van der Waals surface area (Å²) in [5, 5.41) is 0.618. The minimum Gasteiger partial charge on any atom is -0.466 e. The minimum absolute atomic E-state index is 0.336. The number of aromatic amines is 1. The highest BCUT2D eigenvalue weighted by Gasteiger charge is 2.17. The number of benzene rings is 1. The summed E-state index contributed by atoms with van der Waals surface area (Å²) in [5.41, 5.74) is 1.83. The minimum atomic E-state index is -0.464. The summed E-state index contributed by atoms with van der Waals surface area (Å²) in [6, 6.07) is 8.89. The van der Waals surface area contributed by atoms with E-state index in [1.165, 1.54) is 13.3 Å². The van der Waals surface area contributed by atoms with Crippen molar-refractivity contribution in [2.24, 2.45) is 0 Å². The first-order valence-electron chi connectivity index (χ1n) is 7.58. The van der Waals surface area contributed by atoms with Gasteiger partial charge in [-0.25, -0.2) is 14.8 Å². The average molecular weight is 358 g/mol. The molecule has 1 aromatic carbocycles. The highest BCUT2D eigenvalue weighted by atomic mass is 35.5. The molecular formula is C18H16ClN3O3. The highest BCUT2D eigenvalue weighted by Crippen LogP contribution is 2.32. The largest absolute Gasteiger partial charge is 0.466 e. The molecule has 6 nitrogen and oxygen atoms in total. The molecule has 0 fully saturated rings. The molecule has 2 heterocycles. The molecule has 0 saturated carbocycles. The number of hydrogen-bond donors (Lipinski definition) is 1. The van der Waals surface area contributed by atoms with Crippen molar-refractivity contribution in [1.29, 1.82) is 0 Å². The summed E-state index contributed by atoms with van der Waals surface area (Å²) in [6.45, 7) is 1.86. The van der Waals surface area contributed by atoms with Crippen LogP contribution in [0.15, 0.2) is 48.9 Å². The van der Waals surface area contributed by atoms with Crippen LogP contribution in [-0.2, 0) is 4.74 Å². The van der Waals surface area contributed by atoms with E-state index in [9.17, 15) is 4.79 Å². The van der Waals surface area contributed by atoms with Gasteiger partial charge in [-0.05, 0) is 30.7 Å². The molecule has 25 heavy (non-hydrogen) atoms. The Balaban J connectivity index is 2.01. The fourth-order valence-corrected chi connectivity index (χ4v) is 2.46. The molecule has 2 aromatic heterocycles. The van der Waals surface area contributed by atoms with Crippen LogP contribution in [0.4, 0.5) is 0 Å². The lowest BCUT2D eigenvalue weighted by Crippen LogP contribution is -2.09. The molecule has 0 aliphatic rings. The molecule has 0 aliphatic heterocycles. The van der Waals surface area contributed by atoms with Gasteiger partial charge in [-0.15, -0.1) is 0 Å². The molecule has 0 spiro atoms. The monoisotopic (exact) mass is 357 g/mol. The smallest absolute Gasteiger partial charge is 0.339 e. The van der Waals surface area contributed by atoms with Gasteiger partial charge in [0.1, 0.15) is 5.82 Å². The summed E-state index contributed by atoms with van der Waals surface area (Å²) < 4.78 is 10.7. The van der Waals surface area contributed by atoms with E-state index in [4.69, 9.17) is 21.1 Å². The number of esters is 1. The Labute approximate surface area is 149 Å². The summed E-state index contributed by atoms with van der Waals surface area (Å²) in [4.78, 5) is 23.3. The van der Waals surface area contributed by atoms with Crippen molar-refractivity contribution < 1.29 is 14.3 Å². The van der Waals surface area contributed by atoms with E-state index in [1.54, 1.807) is 30.6 Å². The number of imidazole rings is 1. The molecule has 0 aliphatic carbocycles. The van der Waals surface area contributed by atoms with E-state index in [1.807, 2.05) is 19.1 Å². The van der Waals surface area contributed by atoms with Crippen LogP contribution in [0.5, 0.6) is 5.88 Å². The van der Waals surface area contributed by atoms with Gasteiger partial charge in [-0.1, -0.05) is 23.7 Å². The van der Waals surface area contributed by atoms with Crippen molar-refractivity contribution in [3.8, 4) is 17.0 Å². The Hall–Kier alpha value is -2.86. The molecule has 3 rings (SSSR count). The van der Waals surface area contributed by atoms with E-state index in [2.05, 4.69) is 15.0 Å². The number of methoxy groups -OCH3 is 1. The van der Waals surface area contributed by atoms with Crippen LogP contribution < -0.4 is 4.74 Å². The predicted octanol–water partition coefficient (Wildman–Crippen LogP) is 4.05. The zero-order valence-corrected chi connectivity index (χ0v) is 14.4. The number of halogens is 1. The van der Waals surface area contributed by atoms with Crippen molar-refractivity contribution >= 4 is 17.6 Å². The van der Waals surface area contributed by atoms with Gasteiger partial charge in [0.05, 0.1) is 12.7 Å². The number of aromatic nitrogens is 3. The maximum absolute atomic E-state index is 11.8. The second-order valence-electron chi connectivity index (χ2n) is 5.31. The van der Waals surface area contributed by atoms with Crippen molar-refractivity contribution in [2.75, 3.05) is 7.11 Å². The first-order valence-corrected chi connectivity index (χ1v) is 7.96. The standard InChI is InChI=1S/C18H16ClN3O3/c1-11(16-20-7-8-21-16)25-17-15(12-3-5-14(19)6-4-12)9-13(10-22-17)18(23)24-2/h3-11H,1-2H3,(H,20,21). The number of ether oxygens (including phenoxy) is 2. The van der Waals surface area contributed by atoms with E-state index >= 15 is 0 Å². The maximum Gasteiger partial charge on any atom is 0.339 e. The first-order chi connectivity index (χ1) is 12.1. The lowest BCUT2D eigenvalue weighted by Gasteiger charge is -2.16. The van der Waals surface area contributed by atoms with Crippen LogP contribution in [0.25, 0.3) is 11.1 Å². The first kappa shape index (κ1) is 17.0. The summed E-state index contributed by atoms with van der Waals surface area (Å²) in [5.74, 6) is 0.605. The SMILES string of the molecule is COC(=O)c1cnc(OC(C)c2ncc[nH]2)c(-c2ccc(Cl)cc2)c1. The maximum atomic E-state index is 11.8. The summed E-state index contributed by atoms with van der Waals surface area (Å²) in [7, 11) is 1.33. The van der Waals surface area contributed by atoms with Crippen LogP contribution >= 0.6 is 11.6 Å². The van der Waals surface area contributed by atoms with Gasteiger partial charge in [-0.2, -0.15) is 0 Å². The Morgan fingerprint density at radius 2 is 2.00 bits per heavy atom. The number of hydrogen-bond acceptors (Lipinski definition) is 5. The van der Waals surface area contributed by atoms with Gasteiger partial charge in [0.25, 0.3) is 0 Å². The Morgan fingerprint density at radius 3 is 2.64 bits per heavy atom. The third-order valence-electron chi connectivity index (χ3n) is 3.62. The third-order valence-corrected chi connectivity index (χ3v) is 3.87. The van der Waals surface area contributed by atoms with Gasteiger partial charge >= 0.3 is 5.97 Å². The van der Waals surface area contributed by atoms with Gasteiger partial charge in [0.2, 0.25) is 5.88 Å². The summed E-state index contributed by atoms with van der Waals surface area (Å²) in [6.07, 6.45) is 4.47. The number of carbonyl (C=O) groups is 1. The molecule has 3 aromatic rings. The lowest BCUT2D eigenvalue weighted by atomic mass is 10.1. The van der Waals surface area contributed by atoms with Crippen LogP contribution in [0, 0.1) is 0 Å². The molecule has 1 atom stereocenters. The van der Waals surface area contributed by atoms with Crippen molar-refractivity contribution in [3.05, 3.63) is 65.3 Å². The van der Waals surface area contributed by atoms with E-state index < -0.39 is 5.97 Å². The molecule has 0 amide bonds. The Bertz CT molecular complexity index is 864. The van der Waals surface area contributed by atoms with Crippen LogP contribution in [0.1, 0.15) is 29.2 Å². The highest BCUT2D eigenvalue weighted by molar-refractivity contribution is 6.30.